The highest BCUT2D eigenvalue weighted by Crippen LogP contribution is 2.39. The summed E-state index contributed by atoms with van der Waals surface area (Å²) in [7, 11) is 0. The molecule has 7 nitrogen and oxygen atoms in total. The molecule has 23 heavy (non-hydrogen) atoms. The van der Waals surface area contributed by atoms with Gasteiger partial charge in [-0.25, -0.2) is 14.6 Å². The van der Waals surface area contributed by atoms with E-state index in [4.69, 9.17) is 4.98 Å². The number of nitrogens with zero attached hydrogens (tertiary/aromatic N) is 5. The molecule has 2 aromatic rings. The number of hydrogen-bond acceptors (Lipinski definition) is 6. The topological polar surface area (TPSA) is 75.9 Å². The van der Waals surface area contributed by atoms with Gasteiger partial charge in [-0.1, -0.05) is 0 Å². The minimum atomic E-state index is -0.0520. The van der Waals surface area contributed by atoms with E-state index in [9.17, 15) is 4.79 Å². The van der Waals surface area contributed by atoms with E-state index in [1.165, 1.54) is 12.8 Å². The second-order valence-electron chi connectivity index (χ2n) is 5.97. The highest BCUT2D eigenvalue weighted by atomic mass is 32.1. The van der Waals surface area contributed by atoms with Gasteiger partial charge in [0.05, 0.1) is 18.2 Å². The molecule has 4 heterocycles. The number of carbonyl (C=O) groups excluding carboxylic acids is 1. The minimum Gasteiger partial charge on any atom is -0.350 e. The molecule has 2 aliphatic heterocycles. The van der Waals surface area contributed by atoms with Crippen molar-refractivity contribution in [3.05, 3.63) is 22.7 Å². The zero-order chi connectivity index (χ0) is 15.8. The van der Waals surface area contributed by atoms with Gasteiger partial charge in [-0.3, -0.25) is 4.79 Å². The Kier molecular flexibility index (Phi) is 3.76. The Hall–Kier alpha value is -1.96. The molecule has 1 fully saturated rings. The van der Waals surface area contributed by atoms with Gasteiger partial charge in [-0.05, 0) is 19.8 Å². The maximum Gasteiger partial charge on any atom is 0.221 e. The lowest BCUT2D eigenvalue weighted by Crippen LogP contribution is -2.22. The van der Waals surface area contributed by atoms with Gasteiger partial charge < -0.3 is 10.2 Å². The molecule has 8 heteroatoms. The maximum absolute atomic E-state index is 12.1. The summed E-state index contributed by atoms with van der Waals surface area (Å²) in [5, 5.41) is 8.31. The van der Waals surface area contributed by atoms with Crippen LogP contribution in [0.2, 0.25) is 0 Å². The van der Waals surface area contributed by atoms with Crippen LogP contribution in [0, 0.1) is 0 Å². The van der Waals surface area contributed by atoms with E-state index in [1.807, 2.05) is 11.6 Å². The fraction of sp³-hybridized carbons (Fsp3) is 0.600. The number of nitrogens with one attached hydrogen (secondary N) is 1. The van der Waals surface area contributed by atoms with Gasteiger partial charge in [-0.2, -0.15) is 5.10 Å². The molecule has 122 valence electrons. The molecule has 2 aliphatic rings. The molecule has 0 bridgehead atoms. The normalized spacial score (nSPS) is 21.2. The summed E-state index contributed by atoms with van der Waals surface area (Å²) in [5.74, 6) is 0.861. The van der Waals surface area contributed by atoms with Crippen LogP contribution in [0.25, 0.3) is 0 Å². The molecule has 4 rings (SSSR count). The molecule has 0 aliphatic carbocycles. The van der Waals surface area contributed by atoms with Crippen LogP contribution in [-0.2, 0) is 17.9 Å². The zero-order valence-corrected chi connectivity index (χ0v) is 14.0. The first-order chi connectivity index (χ1) is 11.3. The van der Waals surface area contributed by atoms with E-state index in [-0.39, 0.29) is 11.8 Å². The van der Waals surface area contributed by atoms with E-state index < -0.39 is 0 Å². The third kappa shape index (κ3) is 2.60. The third-order valence-electron chi connectivity index (χ3n) is 4.51. The fourth-order valence-electron chi connectivity index (χ4n) is 3.32. The Balaban J connectivity index is 1.75. The van der Waals surface area contributed by atoms with E-state index in [2.05, 4.69) is 20.3 Å². The lowest BCUT2D eigenvalue weighted by molar-refractivity contribution is -0.121. The SMILES string of the molecule is CCn1ncnc1[C@@H]1CC(=O)NCc2nc(N3CCCC3)sc21. The second-order valence-corrected chi connectivity index (χ2v) is 6.98. The van der Waals surface area contributed by atoms with Crippen LogP contribution in [-0.4, -0.2) is 38.7 Å². The average molecular weight is 332 g/mol. The van der Waals surface area contributed by atoms with Crippen molar-refractivity contribution in [1.29, 1.82) is 0 Å². The molecule has 1 saturated heterocycles. The molecule has 1 N–H and O–H groups in total. The lowest BCUT2D eigenvalue weighted by Gasteiger charge is -2.14. The summed E-state index contributed by atoms with van der Waals surface area (Å²) < 4.78 is 1.88. The highest BCUT2D eigenvalue weighted by Gasteiger charge is 2.32. The van der Waals surface area contributed by atoms with Crippen molar-refractivity contribution in [2.45, 2.75) is 45.2 Å². The van der Waals surface area contributed by atoms with E-state index in [0.29, 0.717) is 13.0 Å². The zero-order valence-electron chi connectivity index (χ0n) is 13.2. The Labute approximate surface area is 138 Å². The summed E-state index contributed by atoms with van der Waals surface area (Å²) in [6.45, 7) is 5.46. The van der Waals surface area contributed by atoms with Crippen LogP contribution in [0.5, 0.6) is 0 Å². The Morgan fingerprint density at radius 2 is 2.22 bits per heavy atom. The highest BCUT2D eigenvalue weighted by molar-refractivity contribution is 7.15. The molecule has 0 spiro atoms. The Morgan fingerprint density at radius 1 is 1.39 bits per heavy atom. The van der Waals surface area contributed by atoms with Crippen LogP contribution in [0.3, 0.4) is 0 Å². The molecular formula is C15H20N6OS. The molecule has 0 saturated carbocycles. The maximum atomic E-state index is 12.1. The van der Waals surface area contributed by atoms with Gasteiger partial charge in [0.1, 0.15) is 12.2 Å². The first kappa shape index (κ1) is 14.6. The minimum absolute atomic E-state index is 0.0496. The summed E-state index contributed by atoms with van der Waals surface area (Å²) >= 11 is 1.71. The Bertz CT molecular complexity index is 717. The van der Waals surface area contributed by atoms with E-state index in [1.54, 1.807) is 17.7 Å². The van der Waals surface area contributed by atoms with Crippen molar-refractivity contribution < 1.29 is 4.79 Å². The predicted molar refractivity (Wildman–Crippen MR) is 87.6 cm³/mol. The number of anilines is 1. The second kappa shape index (κ2) is 5.92. The van der Waals surface area contributed by atoms with Crippen LogP contribution >= 0.6 is 11.3 Å². The quantitative estimate of drug-likeness (QED) is 0.922. The summed E-state index contributed by atoms with van der Waals surface area (Å²) in [4.78, 5) is 24.8. The molecular weight excluding hydrogens is 312 g/mol. The number of thiazole rings is 1. The summed E-state index contributed by atoms with van der Waals surface area (Å²) in [5.41, 5.74) is 0.985. The lowest BCUT2D eigenvalue weighted by atomic mass is 10.0. The van der Waals surface area contributed by atoms with Gasteiger partial charge >= 0.3 is 0 Å². The Morgan fingerprint density at radius 3 is 3.00 bits per heavy atom. The number of rotatable bonds is 3. The molecule has 0 aromatic carbocycles. The molecule has 0 unspecified atom stereocenters. The molecule has 1 amide bonds. The van der Waals surface area contributed by atoms with E-state index in [0.717, 1.165) is 41.2 Å². The van der Waals surface area contributed by atoms with Gasteiger partial charge in [0.2, 0.25) is 5.91 Å². The number of hydrogen-bond donors (Lipinski definition) is 1. The third-order valence-corrected chi connectivity index (χ3v) is 5.78. The monoisotopic (exact) mass is 332 g/mol. The first-order valence-corrected chi connectivity index (χ1v) is 8.97. The van der Waals surface area contributed by atoms with Crippen molar-refractivity contribution in [1.82, 2.24) is 25.1 Å². The number of fused-ring (bicyclic) bond motifs is 1. The van der Waals surface area contributed by atoms with Crippen LogP contribution in [0.1, 0.15) is 48.5 Å². The van der Waals surface area contributed by atoms with Crippen LogP contribution < -0.4 is 10.2 Å². The number of amides is 1. The van der Waals surface area contributed by atoms with Gasteiger partial charge in [0.25, 0.3) is 0 Å². The number of aryl methyl sites for hydroxylation is 1. The standard InChI is InChI=1S/C15H20N6OS/c1-2-21-14(17-9-18-21)10-7-12(22)16-8-11-13(10)23-15(19-11)20-5-3-4-6-20/h9-10H,2-8H2,1H3,(H,16,22)/t10-/m1/s1. The van der Waals surface area contributed by atoms with Crippen molar-refractivity contribution in [2.24, 2.45) is 0 Å². The van der Waals surface area contributed by atoms with Crippen LogP contribution in [0.15, 0.2) is 6.33 Å². The molecule has 0 radical (unpaired) electrons. The number of aromatic nitrogens is 4. The van der Waals surface area contributed by atoms with Crippen molar-refractivity contribution in [2.75, 3.05) is 18.0 Å². The average Bonchev–Trinajstić information content (AvgIpc) is 3.28. The van der Waals surface area contributed by atoms with Gasteiger partial charge in [0.15, 0.2) is 5.13 Å². The molecule has 1 atom stereocenters. The number of carbonyl (C=O) groups is 1. The van der Waals surface area contributed by atoms with Crippen molar-refractivity contribution in [3.63, 3.8) is 0 Å². The van der Waals surface area contributed by atoms with Gasteiger partial charge in [0, 0.05) is 30.9 Å². The van der Waals surface area contributed by atoms with Crippen LogP contribution in [0.4, 0.5) is 5.13 Å². The van der Waals surface area contributed by atoms with E-state index >= 15 is 0 Å². The summed E-state index contributed by atoms with van der Waals surface area (Å²) in [6, 6.07) is 0. The largest absolute Gasteiger partial charge is 0.350 e. The first-order valence-electron chi connectivity index (χ1n) is 8.15. The van der Waals surface area contributed by atoms with Crippen molar-refractivity contribution in [3.8, 4) is 0 Å². The van der Waals surface area contributed by atoms with Crippen molar-refractivity contribution >= 4 is 22.4 Å². The predicted octanol–water partition coefficient (Wildman–Crippen LogP) is 1.51. The molecule has 2 aromatic heterocycles. The van der Waals surface area contributed by atoms with Gasteiger partial charge in [-0.15, -0.1) is 11.3 Å². The fourth-order valence-corrected chi connectivity index (χ4v) is 4.55. The smallest absolute Gasteiger partial charge is 0.221 e. The summed E-state index contributed by atoms with van der Waals surface area (Å²) in [6.07, 6.45) is 4.44.